The Hall–Kier alpha value is -0.130. The zero-order valence-electron chi connectivity index (χ0n) is 11.7. The number of hydrogen-bond acceptors (Lipinski definition) is 4. The van der Waals surface area contributed by atoms with Gasteiger partial charge in [0.15, 0.2) is 9.84 Å². The normalized spacial score (nSPS) is 38.4. The van der Waals surface area contributed by atoms with Gasteiger partial charge in [0.1, 0.15) is 0 Å². The average Bonchev–Trinajstić information content (AvgIpc) is 2.94. The van der Waals surface area contributed by atoms with Gasteiger partial charge in [-0.25, -0.2) is 8.42 Å². The molecule has 2 heterocycles. The van der Waals surface area contributed by atoms with Crippen LogP contribution in [0, 0.1) is 5.92 Å². The molecule has 0 bridgehead atoms. The van der Waals surface area contributed by atoms with Crippen LogP contribution in [0.5, 0.6) is 0 Å². The highest BCUT2D eigenvalue weighted by molar-refractivity contribution is 7.91. The monoisotopic (exact) mass is 286 g/mol. The number of rotatable bonds is 4. The molecular formula is C14H26N2O2S. The number of likely N-dealkylation sites (tertiary alicyclic amines) is 1. The van der Waals surface area contributed by atoms with E-state index >= 15 is 0 Å². The minimum Gasteiger partial charge on any atom is -0.312 e. The van der Waals surface area contributed by atoms with Gasteiger partial charge in [-0.3, -0.25) is 4.90 Å². The van der Waals surface area contributed by atoms with Gasteiger partial charge in [-0.2, -0.15) is 0 Å². The third kappa shape index (κ3) is 3.31. The number of sulfone groups is 1. The van der Waals surface area contributed by atoms with Gasteiger partial charge in [0.2, 0.25) is 0 Å². The summed E-state index contributed by atoms with van der Waals surface area (Å²) in [5.41, 5.74) is 0. The third-order valence-corrected chi connectivity index (χ3v) is 6.96. The fraction of sp³-hybridized carbons (Fsp3) is 1.00. The van der Waals surface area contributed by atoms with Crippen LogP contribution in [0.25, 0.3) is 0 Å². The van der Waals surface area contributed by atoms with Crippen molar-refractivity contribution in [3.63, 3.8) is 0 Å². The van der Waals surface area contributed by atoms with E-state index in [0.29, 0.717) is 11.5 Å². The SMILES string of the molecule is O=S1(=O)CCC(NCCN2CCC3CCCCC32)C1. The van der Waals surface area contributed by atoms with Crippen molar-refractivity contribution in [2.24, 2.45) is 5.92 Å². The van der Waals surface area contributed by atoms with Crippen molar-refractivity contribution in [3.8, 4) is 0 Å². The molecule has 5 heteroatoms. The molecule has 1 saturated carbocycles. The molecule has 2 aliphatic heterocycles. The van der Waals surface area contributed by atoms with Gasteiger partial charge >= 0.3 is 0 Å². The van der Waals surface area contributed by atoms with Gasteiger partial charge in [-0.1, -0.05) is 12.8 Å². The number of nitrogens with one attached hydrogen (secondary N) is 1. The zero-order valence-corrected chi connectivity index (χ0v) is 12.5. The lowest BCUT2D eigenvalue weighted by atomic mass is 9.85. The molecule has 3 fully saturated rings. The van der Waals surface area contributed by atoms with Crippen molar-refractivity contribution in [2.45, 2.75) is 50.6 Å². The molecule has 110 valence electrons. The summed E-state index contributed by atoms with van der Waals surface area (Å²) >= 11 is 0. The molecule has 0 radical (unpaired) electrons. The molecule has 3 atom stereocenters. The molecule has 1 aliphatic carbocycles. The first-order valence-corrected chi connectivity index (χ1v) is 9.64. The lowest BCUT2D eigenvalue weighted by Gasteiger charge is -2.32. The van der Waals surface area contributed by atoms with Crippen molar-refractivity contribution in [3.05, 3.63) is 0 Å². The van der Waals surface area contributed by atoms with E-state index < -0.39 is 9.84 Å². The summed E-state index contributed by atoms with van der Waals surface area (Å²) in [7, 11) is -2.74. The molecular weight excluding hydrogens is 260 g/mol. The van der Waals surface area contributed by atoms with Crippen LogP contribution < -0.4 is 5.32 Å². The first kappa shape index (κ1) is 13.8. The Morgan fingerprint density at radius 3 is 2.74 bits per heavy atom. The van der Waals surface area contributed by atoms with Crippen molar-refractivity contribution in [1.29, 1.82) is 0 Å². The summed E-state index contributed by atoms with van der Waals surface area (Å²) < 4.78 is 22.8. The maximum atomic E-state index is 11.4. The fourth-order valence-corrected chi connectivity index (χ4v) is 5.86. The van der Waals surface area contributed by atoms with Crippen LogP contribution in [0.4, 0.5) is 0 Å². The third-order valence-electron chi connectivity index (χ3n) is 5.19. The Morgan fingerprint density at radius 1 is 1.11 bits per heavy atom. The van der Waals surface area contributed by atoms with Crippen LogP contribution in [-0.4, -0.2) is 56.5 Å². The maximum absolute atomic E-state index is 11.4. The van der Waals surface area contributed by atoms with E-state index in [1.807, 2.05) is 0 Å². The summed E-state index contributed by atoms with van der Waals surface area (Å²) in [5.74, 6) is 1.67. The van der Waals surface area contributed by atoms with Crippen molar-refractivity contribution in [2.75, 3.05) is 31.1 Å². The van der Waals surface area contributed by atoms with Gasteiger partial charge in [0.25, 0.3) is 0 Å². The van der Waals surface area contributed by atoms with Crippen LogP contribution >= 0.6 is 0 Å². The van der Waals surface area contributed by atoms with Crippen LogP contribution in [-0.2, 0) is 9.84 Å². The first-order chi connectivity index (χ1) is 9.14. The lowest BCUT2D eigenvalue weighted by Crippen LogP contribution is -2.41. The van der Waals surface area contributed by atoms with Crippen LogP contribution in [0.1, 0.15) is 38.5 Å². The van der Waals surface area contributed by atoms with Crippen LogP contribution in [0.3, 0.4) is 0 Å². The predicted molar refractivity (Wildman–Crippen MR) is 77.0 cm³/mol. The van der Waals surface area contributed by atoms with Gasteiger partial charge in [-0.05, 0) is 38.1 Å². The van der Waals surface area contributed by atoms with Crippen molar-refractivity contribution in [1.82, 2.24) is 10.2 Å². The molecule has 2 saturated heterocycles. The molecule has 19 heavy (non-hydrogen) atoms. The highest BCUT2D eigenvalue weighted by atomic mass is 32.2. The van der Waals surface area contributed by atoms with Crippen molar-refractivity contribution < 1.29 is 8.42 Å². The Morgan fingerprint density at radius 2 is 1.95 bits per heavy atom. The van der Waals surface area contributed by atoms with E-state index in [0.717, 1.165) is 31.5 Å². The van der Waals surface area contributed by atoms with E-state index in [-0.39, 0.29) is 6.04 Å². The van der Waals surface area contributed by atoms with E-state index in [4.69, 9.17) is 0 Å². The van der Waals surface area contributed by atoms with Crippen LogP contribution in [0.2, 0.25) is 0 Å². The zero-order chi connectivity index (χ0) is 13.3. The van der Waals surface area contributed by atoms with E-state index in [1.165, 1.54) is 38.6 Å². The molecule has 3 aliphatic rings. The number of fused-ring (bicyclic) bond motifs is 1. The summed E-state index contributed by atoms with van der Waals surface area (Å²) in [6, 6.07) is 1.03. The Kier molecular flexibility index (Phi) is 4.15. The predicted octanol–water partition coefficient (Wildman–Crippen LogP) is 1.03. The summed E-state index contributed by atoms with van der Waals surface area (Å²) in [5, 5.41) is 3.44. The molecule has 0 amide bonds. The second-order valence-electron chi connectivity index (χ2n) is 6.49. The molecule has 3 unspecified atom stereocenters. The smallest absolute Gasteiger partial charge is 0.151 e. The van der Waals surface area contributed by atoms with Gasteiger partial charge in [0, 0.05) is 25.2 Å². The molecule has 0 aromatic heterocycles. The minimum atomic E-state index is -2.74. The Bertz CT molecular complexity index is 410. The van der Waals surface area contributed by atoms with E-state index in [2.05, 4.69) is 10.2 Å². The topological polar surface area (TPSA) is 49.4 Å². The summed E-state index contributed by atoms with van der Waals surface area (Å²) in [6.07, 6.45) is 7.80. The molecule has 0 aromatic carbocycles. The second-order valence-corrected chi connectivity index (χ2v) is 8.72. The first-order valence-electron chi connectivity index (χ1n) is 7.82. The molecule has 0 aromatic rings. The van der Waals surface area contributed by atoms with E-state index in [1.54, 1.807) is 0 Å². The Labute approximate surface area is 116 Å². The molecule has 4 nitrogen and oxygen atoms in total. The summed E-state index contributed by atoms with van der Waals surface area (Å²) in [6.45, 7) is 3.29. The second kappa shape index (κ2) is 5.70. The molecule has 0 spiro atoms. The number of hydrogen-bond donors (Lipinski definition) is 1. The molecule has 1 N–H and O–H groups in total. The quantitative estimate of drug-likeness (QED) is 0.838. The van der Waals surface area contributed by atoms with Gasteiger partial charge < -0.3 is 5.32 Å². The maximum Gasteiger partial charge on any atom is 0.151 e. The van der Waals surface area contributed by atoms with Gasteiger partial charge in [-0.15, -0.1) is 0 Å². The largest absolute Gasteiger partial charge is 0.312 e. The highest BCUT2D eigenvalue weighted by Gasteiger charge is 2.35. The average molecular weight is 286 g/mol. The minimum absolute atomic E-state index is 0.203. The van der Waals surface area contributed by atoms with Crippen LogP contribution in [0.15, 0.2) is 0 Å². The van der Waals surface area contributed by atoms with Gasteiger partial charge in [0.05, 0.1) is 11.5 Å². The Balaban J connectivity index is 1.41. The molecule has 3 rings (SSSR count). The summed E-state index contributed by atoms with van der Waals surface area (Å²) in [4.78, 5) is 2.64. The fourth-order valence-electron chi connectivity index (χ4n) is 4.15. The highest BCUT2D eigenvalue weighted by Crippen LogP contribution is 2.35. The van der Waals surface area contributed by atoms with Crippen molar-refractivity contribution >= 4 is 9.84 Å². The van der Waals surface area contributed by atoms with E-state index in [9.17, 15) is 8.42 Å². The lowest BCUT2D eigenvalue weighted by molar-refractivity contribution is 0.182. The number of nitrogens with zero attached hydrogens (tertiary/aromatic N) is 1. The standard InChI is InChI=1S/C14H26N2O2S/c17-19(18)10-6-13(11-19)15-7-9-16-8-5-12-3-1-2-4-14(12)16/h12-15H,1-11H2.